The fourth-order valence-corrected chi connectivity index (χ4v) is 5.82. The molecule has 0 spiro atoms. The van der Waals surface area contributed by atoms with Gasteiger partial charge in [0.25, 0.3) is 11.8 Å². The van der Waals surface area contributed by atoms with Crippen LogP contribution in [0.4, 0.5) is 0 Å². The Morgan fingerprint density at radius 1 is 0.968 bits per heavy atom. The van der Waals surface area contributed by atoms with Crippen molar-refractivity contribution in [2.75, 3.05) is 0 Å². The zero-order valence-corrected chi connectivity index (χ0v) is 17.5. The fourth-order valence-electron chi connectivity index (χ4n) is 5.09. The first-order valence-electron chi connectivity index (χ1n) is 10.5. The predicted octanol–water partition coefficient (Wildman–Crippen LogP) is 4.13. The molecule has 4 atom stereocenters. The highest BCUT2D eigenvalue weighted by atomic mass is 32.1. The molecule has 0 N–H and O–H groups in total. The van der Waals surface area contributed by atoms with Crippen LogP contribution in [0.3, 0.4) is 0 Å². The second-order valence-corrected chi connectivity index (χ2v) is 9.21. The van der Waals surface area contributed by atoms with Crippen LogP contribution in [0.5, 0.6) is 0 Å². The summed E-state index contributed by atoms with van der Waals surface area (Å²) in [5, 5.41) is 12.2. The molecular weight excluding hydrogens is 408 g/mol. The Morgan fingerprint density at radius 2 is 1.68 bits per heavy atom. The molecule has 1 aliphatic heterocycles. The number of thiophene rings is 1. The molecule has 2 amide bonds. The normalized spacial score (nSPS) is 26.9. The van der Waals surface area contributed by atoms with E-state index in [1.807, 2.05) is 54.0 Å². The van der Waals surface area contributed by atoms with Gasteiger partial charge in [-0.15, -0.1) is 11.3 Å². The van der Waals surface area contributed by atoms with Gasteiger partial charge in [-0.05, 0) is 48.3 Å². The number of para-hydroxylation sites is 1. The molecule has 6 nitrogen and oxygen atoms in total. The third-order valence-electron chi connectivity index (χ3n) is 6.57. The molecule has 2 bridgehead atoms. The van der Waals surface area contributed by atoms with Crippen molar-refractivity contribution in [2.24, 2.45) is 28.8 Å². The minimum absolute atomic E-state index is 0.161. The molecule has 7 rings (SSSR count). The molecule has 3 aromatic rings. The summed E-state index contributed by atoms with van der Waals surface area (Å²) >= 11 is 1.59. The minimum atomic E-state index is -0.253. The lowest BCUT2D eigenvalue weighted by Gasteiger charge is -2.37. The summed E-state index contributed by atoms with van der Waals surface area (Å²) in [6.07, 6.45) is 9.68. The second kappa shape index (κ2) is 7.13. The van der Waals surface area contributed by atoms with Crippen LogP contribution in [0.2, 0.25) is 0 Å². The number of carbonyl (C=O) groups excluding carboxylic acids is 2. The van der Waals surface area contributed by atoms with Crippen molar-refractivity contribution in [3.8, 4) is 16.3 Å². The van der Waals surface area contributed by atoms with Crippen molar-refractivity contribution < 1.29 is 9.59 Å². The summed E-state index contributed by atoms with van der Waals surface area (Å²) in [4.78, 5) is 27.1. The Morgan fingerprint density at radius 3 is 2.29 bits per heavy atom. The molecule has 31 heavy (non-hydrogen) atoms. The Kier molecular flexibility index (Phi) is 4.24. The standard InChI is InChI=1S/C24H20N4O2S/c29-23-20-15-8-9-16(11-10-15)21(20)24(30)28(23)25-13-17-14-27(18-5-2-1-3-6-18)26-22(17)19-7-4-12-31-19/h1-9,12-16,20-21H,10-11H2/b25-13-/t15-,16-,20-,21-/m1/s1. The number of imide groups is 1. The molecular formula is C24H20N4O2S. The number of aromatic nitrogens is 2. The largest absolute Gasteiger partial charge is 0.272 e. The molecule has 3 heterocycles. The summed E-state index contributed by atoms with van der Waals surface area (Å²) in [5.41, 5.74) is 2.48. The molecule has 7 heteroatoms. The van der Waals surface area contributed by atoms with Crippen LogP contribution < -0.4 is 0 Å². The van der Waals surface area contributed by atoms with Gasteiger partial charge in [0, 0.05) is 11.8 Å². The van der Waals surface area contributed by atoms with Gasteiger partial charge in [0.2, 0.25) is 0 Å². The SMILES string of the molecule is O=C1[C@H]2[C@H](C(=O)N1/N=C\c1cn(-c3ccccc3)nc1-c1cccs1)[C@@H]1C=C[C@@H]2CC1. The average Bonchev–Trinajstić information content (AvgIpc) is 3.54. The van der Waals surface area contributed by atoms with Gasteiger partial charge in [-0.25, -0.2) is 4.68 Å². The van der Waals surface area contributed by atoms with E-state index in [9.17, 15) is 9.59 Å². The third kappa shape index (κ3) is 2.91. The van der Waals surface area contributed by atoms with E-state index in [1.165, 1.54) is 0 Å². The van der Waals surface area contributed by atoms with Crippen LogP contribution in [0, 0.1) is 23.7 Å². The average molecular weight is 429 g/mol. The monoisotopic (exact) mass is 428 g/mol. The van der Waals surface area contributed by atoms with E-state index < -0.39 is 0 Å². The van der Waals surface area contributed by atoms with E-state index in [1.54, 1.807) is 22.2 Å². The zero-order valence-electron chi connectivity index (χ0n) is 16.7. The van der Waals surface area contributed by atoms with E-state index >= 15 is 0 Å². The van der Waals surface area contributed by atoms with E-state index in [0.717, 1.165) is 39.7 Å². The summed E-state index contributed by atoms with van der Waals surface area (Å²) < 4.78 is 1.80. The van der Waals surface area contributed by atoms with Crippen molar-refractivity contribution in [3.63, 3.8) is 0 Å². The van der Waals surface area contributed by atoms with Gasteiger partial charge < -0.3 is 0 Å². The predicted molar refractivity (Wildman–Crippen MR) is 119 cm³/mol. The number of allylic oxidation sites excluding steroid dienone is 2. The van der Waals surface area contributed by atoms with E-state index in [2.05, 4.69) is 17.3 Å². The Bertz CT molecular complexity index is 1180. The van der Waals surface area contributed by atoms with Crippen molar-refractivity contribution in [3.05, 3.63) is 71.8 Å². The molecule has 4 aliphatic rings. The van der Waals surface area contributed by atoms with Crippen LogP contribution in [0.25, 0.3) is 16.3 Å². The summed E-state index contributed by atoms with van der Waals surface area (Å²) in [5.74, 6) is -0.519. The summed E-state index contributed by atoms with van der Waals surface area (Å²) in [7, 11) is 0. The van der Waals surface area contributed by atoms with Crippen molar-refractivity contribution in [1.29, 1.82) is 0 Å². The molecule has 154 valence electrons. The van der Waals surface area contributed by atoms with Crippen LogP contribution >= 0.6 is 11.3 Å². The molecule has 0 radical (unpaired) electrons. The van der Waals surface area contributed by atoms with Gasteiger partial charge in [-0.2, -0.15) is 15.2 Å². The van der Waals surface area contributed by atoms with E-state index in [0.29, 0.717) is 0 Å². The molecule has 1 saturated heterocycles. The highest BCUT2D eigenvalue weighted by Gasteiger charge is 2.56. The van der Waals surface area contributed by atoms with E-state index in [4.69, 9.17) is 5.10 Å². The van der Waals surface area contributed by atoms with Gasteiger partial charge >= 0.3 is 0 Å². The highest BCUT2D eigenvalue weighted by Crippen LogP contribution is 2.49. The number of hydrogen-bond acceptors (Lipinski definition) is 5. The number of amides is 2. The van der Waals surface area contributed by atoms with Crippen LogP contribution in [0.1, 0.15) is 18.4 Å². The quantitative estimate of drug-likeness (QED) is 0.356. The Balaban J connectivity index is 1.36. The van der Waals surface area contributed by atoms with Crippen LogP contribution in [-0.2, 0) is 9.59 Å². The number of hydrogen-bond donors (Lipinski definition) is 0. The first kappa shape index (κ1) is 18.4. The van der Waals surface area contributed by atoms with Crippen molar-refractivity contribution in [1.82, 2.24) is 14.8 Å². The summed E-state index contributed by atoms with van der Waals surface area (Å²) in [6.45, 7) is 0. The lowest BCUT2D eigenvalue weighted by molar-refractivity contribution is -0.140. The Labute approximate surface area is 183 Å². The van der Waals surface area contributed by atoms with Gasteiger partial charge in [-0.3, -0.25) is 9.59 Å². The number of carbonyl (C=O) groups is 2. The van der Waals surface area contributed by atoms with E-state index in [-0.39, 0.29) is 35.5 Å². The lowest BCUT2D eigenvalue weighted by atomic mass is 9.63. The topological polar surface area (TPSA) is 67.6 Å². The highest BCUT2D eigenvalue weighted by molar-refractivity contribution is 7.13. The lowest BCUT2D eigenvalue weighted by Crippen LogP contribution is -2.38. The van der Waals surface area contributed by atoms with Gasteiger partial charge in [0.1, 0.15) is 5.69 Å². The third-order valence-corrected chi connectivity index (χ3v) is 7.44. The first-order chi connectivity index (χ1) is 15.2. The maximum atomic E-state index is 13.0. The first-order valence-corrected chi connectivity index (χ1v) is 11.4. The number of benzene rings is 1. The zero-order chi connectivity index (χ0) is 20.9. The number of hydrazone groups is 1. The molecule has 3 aliphatic carbocycles. The molecule has 0 unspecified atom stereocenters. The Hall–Kier alpha value is -3.32. The van der Waals surface area contributed by atoms with Crippen molar-refractivity contribution >= 4 is 29.4 Å². The van der Waals surface area contributed by atoms with Crippen LogP contribution in [-0.4, -0.2) is 32.8 Å². The second-order valence-electron chi connectivity index (χ2n) is 8.26. The summed E-state index contributed by atoms with van der Waals surface area (Å²) in [6, 6.07) is 13.8. The van der Waals surface area contributed by atoms with Gasteiger partial charge in [0.05, 0.1) is 28.6 Å². The van der Waals surface area contributed by atoms with Crippen molar-refractivity contribution in [2.45, 2.75) is 12.8 Å². The molecule has 1 aromatic carbocycles. The minimum Gasteiger partial charge on any atom is -0.272 e. The maximum Gasteiger partial charge on any atom is 0.254 e. The number of fused-ring (bicyclic) bond motifs is 1. The number of nitrogens with zero attached hydrogens (tertiary/aromatic N) is 4. The smallest absolute Gasteiger partial charge is 0.254 e. The maximum absolute atomic E-state index is 13.0. The van der Waals surface area contributed by atoms with Gasteiger partial charge in [0.15, 0.2) is 0 Å². The number of rotatable bonds is 4. The molecule has 2 aromatic heterocycles. The fraction of sp³-hybridized carbons (Fsp3) is 0.250. The molecule has 2 fully saturated rings. The molecule has 1 saturated carbocycles. The van der Waals surface area contributed by atoms with Gasteiger partial charge in [-0.1, -0.05) is 36.4 Å². The van der Waals surface area contributed by atoms with Crippen LogP contribution in [0.15, 0.2) is 71.3 Å².